The fraction of sp³-hybridized carbons (Fsp3) is 0.167. The Morgan fingerprint density at radius 3 is 2.10 bits per heavy atom. The van der Waals surface area contributed by atoms with Crippen molar-refractivity contribution in [2.24, 2.45) is 0 Å². The zero-order valence-corrected chi connectivity index (χ0v) is 13.8. The lowest BCUT2D eigenvalue weighted by Gasteiger charge is -2.12. The molecule has 0 aliphatic carbocycles. The summed E-state index contributed by atoms with van der Waals surface area (Å²) in [4.78, 5) is 0.103. The second-order valence-corrected chi connectivity index (χ2v) is 9.36. The van der Waals surface area contributed by atoms with Gasteiger partial charge >= 0.3 is 0 Å². The average molecular weight is 346 g/mol. The van der Waals surface area contributed by atoms with Crippen LogP contribution in [0.3, 0.4) is 0 Å². The van der Waals surface area contributed by atoms with Crippen LogP contribution in [0.5, 0.6) is 0 Å². The van der Waals surface area contributed by atoms with Gasteiger partial charge in [0.1, 0.15) is 4.21 Å². The van der Waals surface area contributed by atoms with E-state index in [4.69, 9.17) is 0 Å². The van der Waals surface area contributed by atoms with Crippen molar-refractivity contribution in [3.63, 3.8) is 0 Å². The van der Waals surface area contributed by atoms with Crippen LogP contribution in [0.2, 0.25) is 0 Å². The normalized spacial score (nSPS) is 12.5. The number of benzene rings is 1. The largest absolute Gasteiger partial charge is 0.279 e. The molecule has 1 aromatic carbocycles. The molecule has 0 bridgehead atoms. The van der Waals surface area contributed by atoms with Crippen LogP contribution in [0.15, 0.2) is 50.9 Å². The van der Waals surface area contributed by atoms with Gasteiger partial charge < -0.3 is 0 Å². The van der Waals surface area contributed by atoms with Gasteiger partial charge in [-0.3, -0.25) is 4.72 Å². The van der Waals surface area contributed by atoms with E-state index in [2.05, 4.69) is 4.72 Å². The third-order valence-corrected chi connectivity index (χ3v) is 7.25. The molecule has 6 nitrogen and oxygen atoms in total. The highest BCUT2D eigenvalue weighted by molar-refractivity contribution is 7.94. The van der Waals surface area contributed by atoms with Crippen LogP contribution in [-0.2, 0) is 20.0 Å². The highest BCUT2D eigenvalue weighted by Crippen LogP contribution is 2.22. The van der Waals surface area contributed by atoms with Crippen LogP contribution in [0, 0.1) is 0 Å². The Morgan fingerprint density at radius 2 is 1.62 bits per heavy atom. The quantitative estimate of drug-likeness (QED) is 0.895. The Labute approximate surface area is 128 Å². The third kappa shape index (κ3) is 3.43. The van der Waals surface area contributed by atoms with Gasteiger partial charge in [-0.05, 0) is 35.7 Å². The fourth-order valence-corrected chi connectivity index (χ4v) is 4.48. The van der Waals surface area contributed by atoms with E-state index >= 15 is 0 Å². The van der Waals surface area contributed by atoms with Crippen molar-refractivity contribution in [1.82, 2.24) is 4.31 Å². The molecule has 2 rings (SSSR count). The first-order valence-corrected chi connectivity index (χ1v) is 9.63. The molecule has 9 heteroatoms. The molecule has 1 N–H and O–H groups in total. The highest BCUT2D eigenvalue weighted by Gasteiger charge is 2.18. The number of anilines is 1. The molecule has 0 aliphatic heterocycles. The number of rotatable bonds is 5. The van der Waals surface area contributed by atoms with Gasteiger partial charge in [0.05, 0.1) is 4.90 Å². The second kappa shape index (κ2) is 5.76. The van der Waals surface area contributed by atoms with E-state index in [1.54, 1.807) is 11.4 Å². The third-order valence-electron chi connectivity index (χ3n) is 2.65. The van der Waals surface area contributed by atoms with Crippen molar-refractivity contribution in [2.75, 3.05) is 18.8 Å². The molecular formula is C12H14N2O4S3. The molecule has 0 spiro atoms. The summed E-state index contributed by atoms with van der Waals surface area (Å²) in [6.45, 7) is 0. The second-order valence-electron chi connectivity index (χ2n) is 4.35. The minimum absolute atomic E-state index is 0.103. The van der Waals surface area contributed by atoms with E-state index in [1.807, 2.05) is 0 Å². The monoisotopic (exact) mass is 346 g/mol. The maximum absolute atomic E-state index is 12.0. The highest BCUT2D eigenvalue weighted by atomic mass is 32.2. The first-order chi connectivity index (χ1) is 9.73. The minimum atomic E-state index is -3.63. The van der Waals surface area contributed by atoms with E-state index in [9.17, 15) is 16.8 Å². The number of nitrogens with zero attached hydrogens (tertiary/aromatic N) is 1. The van der Waals surface area contributed by atoms with Crippen LogP contribution in [-0.4, -0.2) is 35.2 Å². The molecule has 0 atom stereocenters. The van der Waals surface area contributed by atoms with Crippen LogP contribution in [0.4, 0.5) is 5.69 Å². The summed E-state index contributed by atoms with van der Waals surface area (Å²) in [6, 6.07) is 8.70. The standard InChI is InChI=1S/C12H14N2O4S3/c1-14(2)21(17,18)11-7-5-10(6-8-11)13-20(15,16)12-4-3-9-19-12/h3-9,13H,1-2H3. The maximum atomic E-state index is 12.0. The topological polar surface area (TPSA) is 83.6 Å². The van der Waals surface area contributed by atoms with Crippen LogP contribution < -0.4 is 4.72 Å². The van der Waals surface area contributed by atoms with Crippen molar-refractivity contribution in [1.29, 1.82) is 0 Å². The summed E-state index contributed by atoms with van der Waals surface area (Å²) in [5.74, 6) is 0. The molecule has 0 saturated carbocycles. The van der Waals surface area contributed by atoms with E-state index in [-0.39, 0.29) is 9.10 Å². The molecule has 2 aromatic rings. The zero-order chi connectivity index (χ0) is 15.7. The number of hydrogen-bond donors (Lipinski definition) is 1. The molecule has 114 valence electrons. The lowest BCUT2D eigenvalue weighted by molar-refractivity contribution is 0.521. The number of sulfonamides is 2. The molecule has 0 fully saturated rings. The Morgan fingerprint density at radius 1 is 1.00 bits per heavy atom. The molecule has 1 aromatic heterocycles. The molecule has 1 heterocycles. The van der Waals surface area contributed by atoms with E-state index in [0.717, 1.165) is 15.6 Å². The number of nitrogens with one attached hydrogen (secondary N) is 1. The smallest absolute Gasteiger partial charge is 0.271 e. The zero-order valence-electron chi connectivity index (χ0n) is 11.3. The van der Waals surface area contributed by atoms with Gasteiger partial charge in [-0.1, -0.05) is 6.07 Å². The van der Waals surface area contributed by atoms with Gasteiger partial charge in [0.25, 0.3) is 10.0 Å². The van der Waals surface area contributed by atoms with Crippen molar-refractivity contribution >= 4 is 37.1 Å². The van der Waals surface area contributed by atoms with E-state index < -0.39 is 20.0 Å². The Kier molecular flexibility index (Phi) is 4.38. The molecule has 0 radical (unpaired) electrons. The van der Waals surface area contributed by atoms with Crippen molar-refractivity contribution in [3.05, 3.63) is 41.8 Å². The predicted molar refractivity (Wildman–Crippen MR) is 82.4 cm³/mol. The molecule has 0 amide bonds. The van der Waals surface area contributed by atoms with Gasteiger partial charge in [0.2, 0.25) is 10.0 Å². The van der Waals surface area contributed by atoms with Crippen LogP contribution in [0.25, 0.3) is 0 Å². The fourth-order valence-electron chi connectivity index (χ4n) is 1.53. The first-order valence-electron chi connectivity index (χ1n) is 5.82. The summed E-state index contributed by atoms with van der Waals surface area (Å²) in [5, 5.41) is 1.67. The lowest BCUT2D eigenvalue weighted by atomic mass is 10.3. The molecule has 0 aliphatic rings. The maximum Gasteiger partial charge on any atom is 0.271 e. The van der Waals surface area contributed by atoms with Crippen molar-refractivity contribution in [3.8, 4) is 0 Å². The minimum Gasteiger partial charge on any atom is -0.279 e. The summed E-state index contributed by atoms with van der Waals surface area (Å²) in [5.41, 5.74) is 0.307. The van der Waals surface area contributed by atoms with Crippen LogP contribution in [0.1, 0.15) is 0 Å². The predicted octanol–water partition coefficient (Wildman–Crippen LogP) is 1.80. The van der Waals surface area contributed by atoms with Crippen molar-refractivity contribution < 1.29 is 16.8 Å². The lowest BCUT2D eigenvalue weighted by Crippen LogP contribution is -2.22. The SMILES string of the molecule is CN(C)S(=O)(=O)c1ccc(NS(=O)(=O)c2cccs2)cc1. The van der Waals surface area contributed by atoms with Gasteiger partial charge in [0, 0.05) is 19.8 Å². The first kappa shape index (κ1) is 16.0. The van der Waals surface area contributed by atoms with Gasteiger partial charge in [-0.25, -0.2) is 21.1 Å². The summed E-state index contributed by atoms with van der Waals surface area (Å²) < 4.78 is 51.6. The summed E-state index contributed by atoms with van der Waals surface area (Å²) in [7, 11) is -4.28. The van der Waals surface area contributed by atoms with E-state index in [0.29, 0.717) is 5.69 Å². The van der Waals surface area contributed by atoms with Crippen molar-refractivity contribution in [2.45, 2.75) is 9.10 Å². The molecule has 21 heavy (non-hydrogen) atoms. The van der Waals surface area contributed by atoms with Gasteiger partial charge in [-0.15, -0.1) is 11.3 Å². The Hall–Kier alpha value is -1.42. The average Bonchev–Trinajstić information content (AvgIpc) is 2.93. The van der Waals surface area contributed by atoms with Gasteiger partial charge in [-0.2, -0.15) is 0 Å². The molecular weight excluding hydrogens is 332 g/mol. The van der Waals surface area contributed by atoms with Gasteiger partial charge in [0.15, 0.2) is 0 Å². The van der Waals surface area contributed by atoms with Crippen LogP contribution >= 0.6 is 11.3 Å². The molecule has 0 saturated heterocycles. The number of hydrogen-bond acceptors (Lipinski definition) is 5. The molecule has 0 unspecified atom stereocenters. The van der Waals surface area contributed by atoms with E-state index in [1.165, 1.54) is 44.4 Å². The Balaban J connectivity index is 2.25. The number of thiophene rings is 1. The summed E-state index contributed by atoms with van der Waals surface area (Å²) in [6.07, 6.45) is 0. The Bertz CT molecular complexity index is 808. The summed E-state index contributed by atoms with van der Waals surface area (Å²) >= 11 is 1.11.